The van der Waals surface area contributed by atoms with E-state index in [0.717, 1.165) is 33.0 Å². The first-order valence-electron chi connectivity index (χ1n) is 9.32. The third-order valence-corrected chi connectivity index (χ3v) is 5.28. The maximum Gasteiger partial charge on any atom is 0.255 e. The fraction of sp³-hybridized carbons (Fsp3) is 0.208. The number of hydrogen-bond donors (Lipinski definition) is 1. The number of rotatable bonds is 7. The first-order chi connectivity index (χ1) is 14.0. The first kappa shape index (κ1) is 20.8. The van der Waals surface area contributed by atoms with Crippen molar-refractivity contribution in [3.8, 4) is 11.5 Å². The third kappa shape index (κ3) is 5.33. The van der Waals surface area contributed by atoms with Crippen molar-refractivity contribution in [3.63, 3.8) is 0 Å². The maximum absolute atomic E-state index is 12.8. The van der Waals surface area contributed by atoms with Gasteiger partial charge in [0, 0.05) is 16.0 Å². The Hall–Kier alpha value is -2.92. The molecule has 0 saturated carbocycles. The molecule has 0 unspecified atom stereocenters. The van der Waals surface area contributed by atoms with E-state index < -0.39 is 0 Å². The van der Waals surface area contributed by atoms with E-state index in [1.54, 1.807) is 31.0 Å². The molecule has 0 saturated heterocycles. The molecule has 0 fully saturated rings. The highest BCUT2D eigenvalue weighted by atomic mass is 32.2. The van der Waals surface area contributed by atoms with Gasteiger partial charge in [-0.1, -0.05) is 18.2 Å². The molecule has 3 rings (SSSR count). The quantitative estimate of drug-likeness (QED) is 0.498. The van der Waals surface area contributed by atoms with Gasteiger partial charge in [0.15, 0.2) is 0 Å². The minimum atomic E-state index is -0.165. The maximum atomic E-state index is 12.8. The fourth-order valence-electron chi connectivity index (χ4n) is 3.15. The van der Waals surface area contributed by atoms with E-state index in [-0.39, 0.29) is 5.91 Å². The summed E-state index contributed by atoms with van der Waals surface area (Å²) in [5.41, 5.74) is 4.46. The molecule has 0 radical (unpaired) electrons. The molecule has 0 aliphatic carbocycles. The van der Waals surface area contributed by atoms with Gasteiger partial charge < -0.3 is 14.8 Å². The molecule has 0 atom stereocenters. The van der Waals surface area contributed by atoms with Crippen LogP contribution in [0.2, 0.25) is 0 Å². The molecule has 1 N–H and O–H groups in total. The summed E-state index contributed by atoms with van der Waals surface area (Å²) in [7, 11) is 1.62. The second kappa shape index (κ2) is 9.52. The number of hydrogen-bond acceptors (Lipinski definition) is 4. The number of ether oxygens (including phenoxy) is 2. The van der Waals surface area contributed by atoms with Crippen molar-refractivity contribution < 1.29 is 14.3 Å². The molecule has 3 aromatic rings. The lowest BCUT2D eigenvalue weighted by Crippen LogP contribution is -2.13. The summed E-state index contributed by atoms with van der Waals surface area (Å²) in [5, 5.41) is 2.99. The van der Waals surface area contributed by atoms with Gasteiger partial charge in [-0.3, -0.25) is 4.79 Å². The summed E-state index contributed by atoms with van der Waals surface area (Å²) in [6, 6.07) is 19.2. The molecular formula is C24H25NO3S. The molecule has 0 heterocycles. The normalized spacial score (nSPS) is 10.5. The second-order valence-corrected chi connectivity index (χ2v) is 7.64. The van der Waals surface area contributed by atoms with E-state index in [1.165, 1.54) is 0 Å². The zero-order chi connectivity index (χ0) is 20.8. The molecule has 0 aliphatic rings. The highest BCUT2D eigenvalue weighted by molar-refractivity contribution is 7.98. The zero-order valence-electron chi connectivity index (χ0n) is 17.1. The van der Waals surface area contributed by atoms with Gasteiger partial charge in [-0.2, -0.15) is 0 Å². The Kier molecular flexibility index (Phi) is 6.83. The Bertz CT molecular complexity index is 997. The van der Waals surface area contributed by atoms with Crippen LogP contribution in [0.15, 0.2) is 65.6 Å². The van der Waals surface area contributed by atoms with Gasteiger partial charge in [-0.05, 0) is 73.7 Å². The summed E-state index contributed by atoms with van der Waals surface area (Å²) in [5.74, 6) is 1.32. The molecule has 0 bridgehead atoms. The van der Waals surface area contributed by atoms with Gasteiger partial charge in [-0.15, -0.1) is 11.8 Å². The van der Waals surface area contributed by atoms with Crippen LogP contribution < -0.4 is 14.8 Å². The largest absolute Gasteiger partial charge is 0.496 e. The van der Waals surface area contributed by atoms with Crippen LogP contribution in [0, 0.1) is 13.8 Å². The molecule has 29 heavy (non-hydrogen) atoms. The zero-order valence-corrected chi connectivity index (χ0v) is 17.9. The van der Waals surface area contributed by atoms with Crippen LogP contribution >= 0.6 is 11.8 Å². The molecule has 0 spiro atoms. The van der Waals surface area contributed by atoms with Crippen molar-refractivity contribution >= 4 is 23.4 Å². The minimum Gasteiger partial charge on any atom is -0.496 e. The number of para-hydroxylation sites is 1. The molecule has 4 nitrogen and oxygen atoms in total. The van der Waals surface area contributed by atoms with Crippen LogP contribution in [0.1, 0.15) is 27.0 Å². The number of carbonyl (C=O) groups is 1. The average Bonchev–Trinajstić information content (AvgIpc) is 2.71. The number of benzene rings is 3. The Morgan fingerprint density at radius 2 is 1.72 bits per heavy atom. The standard InChI is InChI=1S/C24H25NO3S/c1-16-11-17(2)13-20(12-16)28-15-19-14-18(9-10-22(19)27-3)24(26)25-21-7-5-6-8-23(21)29-4/h5-14H,15H2,1-4H3,(H,25,26). The van der Waals surface area contributed by atoms with Crippen LogP contribution in [0.25, 0.3) is 0 Å². The van der Waals surface area contributed by atoms with E-state index in [2.05, 4.69) is 11.4 Å². The Morgan fingerprint density at radius 1 is 1.00 bits per heavy atom. The van der Waals surface area contributed by atoms with Crippen LogP contribution in [0.4, 0.5) is 5.69 Å². The second-order valence-electron chi connectivity index (χ2n) is 6.79. The van der Waals surface area contributed by atoms with Crippen molar-refractivity contribution in [2.45, 2.75) is 25.3 Å². The lowest BCUT2D eigenvalue weighted by Gasteiger charge is -2.14. The summed E-state index contributed by atoms with van der Waals surface area (Å²) in [6.07, 6.45) is 1.99. The molecule has 1 amide bonds. The minimum absolute atomic E-state index is 0.165. The van der Waals surface area contributed by atoms with Crippen molar-refractivity contribution in [2.75, 3.05) is 18.7 Å². The average molecular weight is 408 g/mol. The van der Waals surface area contributed by atoms with E-state index in [9.17, 15) is 4.79 Å². The molecular weight excluding hydrogens is 382 g/mol. The number of carbonyl (C=O) groups excluding carboxylic acids is 1. The van der Waals surface area contributed by atoms with Gasteiger partial charge in [0.1, 0.15) is 18.1 Å². The topological polar surface area (TPSA) is 47.6 Å². The van der Waals surface area contributed by atoms with Crippen molar-refractivity contribution in [2.24, 2.45) is 0 Å². The van der Waals surface area contributed by atoms with Gasteiger partial charge >= 0.3 is 0 Å². The number of nitrogens with one attached hydrogen (secondary N) is 1. The highest BCUT2D eigenvalue weighted by Crippen LogP contribution is 2.27. The fourth-order valence-corrected chi connectivity index (χ4v) is 3.71. The van der Waals surface area contributed by atoms with Crippen LogP contribution in [0.3, 0.4) is 0 Å². The van der Waals surface area contributed by atoms with Crippen LogP contribution in [-0.4, -0.2) is 19.3 Å². The monoisotopic (exact) mass is 407 g/mol. The van der Waals surface area contributed by atoms with Crippen LogP contribution in [-0.2, 0) is 6.61 Å². The number of aryl methyl sites for hydroxylation is 2. The van der Waals surface area contributed by atoms with Crippen molar-refractivity contribution in [1.29, 1.82) is 0 Å². The summed E-state index contributed by atoms with van der Waals surface area (Å²) in [6.45, 7) is 4.39. The first-order valence-corrected chi connectivity index (χ1v) is 10.5. The number of methoxy groups -OCH3 is 1. The SMILES string of the molecule is COc1ccc(C(=O)Nc2ccccc2SC)cc1COc1cc(C)cc(C)c1. The van der Waals surface area contributed by atoms with Crippen molar-refractivity contribution in [1.82, 2.24) is 0 Å². The summed E-state index contributed by atoms with van der Waals surface area (Å²) < 4.78 is 11.4. The summed E-state index contributed by atoms with van der Waals surface area (Å²) in [4.78, 5) is 13.8. The van der Waals surface area contributed by atoms with Gasteiger partial charge in [0.2, 0.25) is 0 Å². The number of anilines is 1. The third-order valence-electron chi connectivity index (χ3n) is 4.49. The molecule has 5 heteroatoms. The Balaban J connectivity index is 1.79. The Morgan fingerprint density at radius 3 is 2.41 bits per heavy atom. The predicted octanol–water partition coefficient (Wildman–Crippen LogP) is 5.87. The Labute approximate surface area is 176 Å². The van der Waals surface area contributed by atoms with Gasteiger partial charge in [0.25, 0.3) is 5.91 Å². The predicted molar refractivity (Wildman–Crippen MR) is 119 cm³/mol. The van der Waals surface area contributed by atoms with E-state index >= 15 is 0 Å². The smallest absolute Gasteiger partial charge is 0.255 e. The molecule has 0 aromatic heterocycles. The summed E-state index contributed by atoms with van der Waals surface area (Å²) >= 11 is 1.60. The van der Waals surface area contributed by atoms with E-state index in [0.29, 0.717) is 17.9 Å². The molecule has 3 aromatic carbocycles. The van der Waals surface area contributed by atoms with E-state index in [1.807, 2.05) is 62.6 Å². The van der Waals surface area contributed by atoms with Crippen LogP contribution in [0.5, 0.6) is 11.5 Å². The molecule has 150 valence electrons. The van der Waals surface area contributed by atoms with Gasteiger partial charge in [-0.25, -0.2) is 0 Å². The van der Waals surface area contributed by atoms with Crippen molar-refractivity contribution in [3.05, 3.63) is 82.9 Å². The lowest BCUT2D eigenvalue weighted by atomic mass is 10.1. The number of thioether (sulfide) groups is 1. The van der Waals surface area contributed by atoms with Gasteiger partial charge in [0.05, 0.1) is 12.8 Å². The molecule has 0 aliphatic heterocycles. The van der Waals surface area contributed by atoms with E-state index in [4.69, 9.17) is 9.47 Å². The number of amides is 1. The highest BCUT2D eigenvalue weighted by Gasteiger charge is 2.13. The lowest BCUT2D eigenvalue weighted by molar-refractivity contribution is 0.102.